The van der Waals surface area contributed by atoms with Gasteiger partial charge in [0.05, 0.1) is 32.1 Å². The lowest BCUT2D eigenvalue weighted by Gasteiger charge is -2.57. The van der Waals surface area contributed by atoms with Crippen molar-refractivity contribution in [2.75, 3.05) is 53.6 Å². The summed E-state index contributed by atoms with van der Waals surface area (Å²) in [6.07, 6.45) is 9.39. The van der Waals surface area contributed by atoms with Crippen molar-refractivity contribution in [1.29, 1.82) is 0 Å². The number of hydrogen-bond acceptors (Lipinski definition) is 7. The molecule has 4 unspecified atom stereocenters. The van der Waals surface area contributed by atoms with Gasteiger partial charge < -0.3 is 28.7 Å². The number of carbonyl (C=O) groups excluding carboxylic acids is 1. The zero-order valence-electron chi connectivity index (χ0n) is 27.6. The van der Waals surface area contributed by atoms with Crippen molar-refractivity contribution in [2.45, 2.75) is 88.4 Å². The molecule has 2 fully saturated rings. The Balaban J connectivity index is 0.894. The minimum Gasteiger partial charge on any atom is -0.493 e. The highest BCUT2D eigenvalue weighted by Gasteiger charge is 2.64. The van der Waals surface area contributed by atoms with Crippen LogP contribution in [0.5, 0.6) is 11.5 Å². The van der Waals surface area contributed by atoms with Crippen molar-refractivity contribution in [2.24, 2.45) is 5.92 Å². The second kappa shape index (κ2) is 12.7. The third-order valence-corrected chi connectivity index (χ3v) is 11.6. The lowest BCUT2D eigenvalue weighted by molar-refractivity contribution is -0.0196. The number of benzene rings is 2. The van der Waals surface area contributed by atoms with E-state index in [1.54, 1.807) is 7.11 Å². The summed E-state index contributed by atoms with van der Waals surface area (Å²) in [5, 5.41) is 0. The highest BCUT2D eigenvalue weighted by atomic mass is 16.5. The number of likely N-dealkylation sites (N-methyl/N-ethyl adjacent to an activating group) is 1. The average molecular weight is 615 g/mol. The van der Waals surface area contributed by atoms with Gasteiger partial charge in [0.2, 0.25) is 0 Å². The minimum atomic E-state index is 0.0317. The van der Waals surface area contributed by atoms with E-state index in [0.29, 0.717) is 44.1 Å². The number of ether oxygens (including phenoxy) is 4. The summed E-state index contributed by atoms with van der Waals surface area (Å²) in [5.74, 6) is 3.15. The first kappa shape index (κ1) is 30.8. The molecule has 0 N–H and O–H groups in total. The lowest BCUT2D eigenvalue weighted by Crippen LogP contribution is -2.64. The Morgan fingerprint density at radius 2 is 1.96 bits per heavy atom. The maximum atomic E-state index is 12.6. The summed E-state index contributed by atoms with van der Waals surface area (Å²) in [7, 11) is 4.06. The highest BCUT2D eigenvalue weighted by Crippen LogP contribution is 2.64. The van der Waals surface area contributed by atoms with Crippen LogP contribution in [-0.2, 0) is 21.3 Å². The van der Waals surface area contributed by atoms with Gasteiger partial charge in [0.25, 0.3) is 0 Å². The number of rotatable bonds is 13. The molecule has 3 heterocycles. The summed E-state index contributed by atoms with van der Waals surface area (Å²) in [6.45, 7) is 9.10. The Labute approximate surface area is 268 Å². The molecule has 6 atom stereocenters. The summed E-state index contributed by atoms with van der Waals surface area (Å²) in [5.41, 5.74) is 6.36. The van der Waals surface area contributed by atoms with E-state index in [-0.39, 0.29) is 23.4 Å². The van der Waals surface area contributed by atoms with Crippen LogP contribution in [0.4, 0.5) is 0 Å². The molecule has 0 saturated carbocycles. The van der Waals surface area contributed by atoms with E-state index >= 15 is 0 Å². The van der Waals surface area contributed by atoms with E-state index in [0.717, 1.165) is 75.2 Å². The fourth-order valence-corrected chi connectivity index (χ4v) is 8.97. The van der Waals surface area contributed by atoms with Gasteiger partial charge in [-0.2, -0.15) is 0 Å². The zero-order chi connectivity index (χ0) is 31.1. The Hall–Kier alpha value is -2.87. The monoisotopic (exact) mass is 614 g/mol. The molecule has 2 bridgehead atoms. The topological polar surface area (TPSA) is 60.5 Å². The fraction of sp³-hybridized carbons (Fsp3) is 0.605. The quantitative estimate of drug-likeness (QED) is 0.198. The molecule has 1 spiro atoms. The number of allylic oxidation sites excluding steroid dienone is 1. The molecule has 2 aromatic rings. The number of methoxy groups -OCH3 is 1. The van der Waals surface area contributed by atoms with Crippen LogP contribution in [0, 0.1) is 5.92 Å². The van der Waals surface area contributed by atoms with Gasteiger partial charge >= 0.3 is 0 Å². The number of carbonyl (C=O) groups is 1. The summed E-state index contributed by atoms with van der Waals surface area (Å²) < 4.78 is 24.9. The molecule has 0 aromatic heterocycles. The Morgan fingerprint density at radius 1 is 1.11 bits per heavy atom. The highest BCUT2D eigenvalue weighted by molar-refractivity contribution is 5.96. The van der Waals surface area contributed by atoms with Gasteiger partial charge in [-0.25, -0.2) is 0 Å². The van der Waals surface area contributed by atoms with Gasteiger partial charge in [-0.3, -0.25) is 4.79 Å². The smallest absolute Gasteiger partial charge is 0.166 e. The molecule has 2 saturated heterocycles. The van der Waals surface area contributed by atoms with Crippen molar-refractivity contribution < 1.29 is 23.7 Å². The van der Waals surface area contributed by atoms with Gasteiger partial charge in [-0.15, -0.1) is 0 Å². The molecule has 5 aliphatic rings. The van der Waals surface area contributed by atoms with Crippen LogP contribution < -0.4 is 9.47 Å². The number of likely N-dealkylation sites (tertiary alicyclic amines) is 2. The van der Waals surface area contributed by atoms with E-state index in [4.69, 9.17) is 18.9 Å². The van der Waals surface area contributed by atoms with Crippen molar-refractivity contribution in [3.8, 4) is 11.5 Å². The van der Waals surface area contributed by atoms with Crippen LogP contribution in [-0.4, -0.2) is 87.4 Å². The molecular weight excluding hydrogens is 564 g/mol. The van der Waals surface area contributed by atoms with Crippen molar-refractivity contribution in [1.82, 2.24) is 9.80 Å². The van der Waals surface area contributed by atoms with E-state index in [1.165, 1.54) is 22.4 Å². The van der Waals surface area contributed by atoms with Gasteiger partial charge in [0, 0.05) is 48.7 Å². The minimum absolute atomic E-state index is 0.0317. The Morgan fingerprint density at radius 3 is 2.76 bits per heavy atom. The first-order chi connectivity index (χ1) is 21.9. The molecule has 242 valence electrons. The summed E-state index contributed by atoms with van der Waals surface area (Å²) in [4.78, 5) is 17.7. The fourth-order valence-electron chi connectivity index (χ4n) is 8.97. The zero-order valence-corrected chi connectivity index (χ0v) is 27.6. The van der Waals surface area contributed by atoms with E-state index < -0.39 is 0 Å². The Kier molecular flexibility index (Phi) is 8.70. The summed E-state index contributed by atoms with van der Waals surface area (Å²) in [6, 6.07) is 13.1. The maximum absolute atomic E-state index is 12.6. The van der Waals surface area contributed by atoms with Crippen LogP contribution in [0.15, 0.2) is 48.2 Å². The molecule has 7 rings (SSSR count). The molecule has 2 aromatic carbocycles. The van der Waals surface area contributed by atoms with Crippen LogP contribution in [0.2, 0.25) is 0 Å². The number of nitrogens with zero attached hydrogens (tertiary/aromatic N) is 2. The SMILES string of the molecule is CCC(C)c1ccc(C(=O)CCCOCCOC2CCN(C3=CCC4C5Cc6ccc(OC)c7c6[C@@]4(CCN5C)[C@H]3O7)C2)cc1. The molecule has 7 nitrogen and oxygen atoms in total. The van der Waals surface area contributed by atoms with Gasteiger partial charge in [0.1, 0.15) is 6.10 Å². The molecule has 7 heteroatoms. The van der Waals surface area contributed by atoms with Crippen molar-refractivity contribution >= 4 is 5.78 Å². The largest absolute Gasteiger partial charge is 0.493 e. The predicted molar refractivity (Wildman–Crippen MR) is 175 cm³/mol. The van der Waals surface area contributed by atoms with Crippen LogP contribution in [0.3, 0.4) is 0 Å². The van der Waals surface area contributed by atoms with E-state index in [2.05, 4.69) is 61.0 Å². The molecule has 3 aliphatic heterocycles. The third-order valence-electron chi connectivity index (χ3n) is 11.6. The van der Waals surface area contributed by atoms with Crippen LogP contribution >= 0.6 is 0 Å². The van der Waals surface area contributed by atoms with Crippen molar-refractivity contribution in [3.63, 3.8) is 0 Å². The van der Waals surface area contributed by atoms with Gasteiger partial charge in [-0.05, 0) is 81.1 Å². The van der Waals surface area contributed by atoms with Gasteiger partial charge in [-0.1, -0.05) is 50.3 Å². The number of ketones is 1. The first-order valence-electron chi connectivity index (χ1n) is 17.3. The van der Waals surface area contributed by atoms with E-state index in [9.17, 15) is 4.79 Å². The normalized spacial score (nSPS) is 28.8. The third kappa shape index (κ3) is 5.39. The Bertz CT molecular complexity index is 1420. The molecular formula is C38H50N2O5. The molecule has 45 heavy (non-hydrogen) atoms. The number of hydrogen-bond donors (Lipinski definition) is 0. The van der Waals surface area contributed by atoms with Gasteiger partial charge in [0.15, 0.2) is 17.3 Å². The van der Waals surface area contributed by atoms with Crippen molar-refractivity contribution in [3.05, 3.63) is 70.4 Å². The first-order valence-corrected chi connectivity index (χ1v) is 17.3. The number of Topliss-reactive ketones (excluding diaryl/α,β-unsaturated/α-hetero) is 1. The number of piperidine rings is 1. The van der Waals surface area contributed by atoms with Crippen LogP contribution in [0.25, 0.3) is 0 Å². The average Bonchev–Trinajstić information content (AvgIpc) is 3.68. The second-order valence-corrected chi connectivity index (χ2v) is 13.9. The second-order valence-electron chi connectivity index (χ2n) is 13.9. The lowest BCUT2D eigenvalue weighted by atomic mass is 9.52. The molecule has 0 radical (unpaired) electrons. The van der Waals surface area contributed by atoms with Crippen LogP contribution in [0.1, 0.15) is 85.3 Å². The summed E-state index contributed by atoms with van der Waals surface area (Å²) >= 11 is 0. The standard InChI is InChI=1S/C38H50N2O5/c1-5-25(2)26-8-10-27(11-9-26)33(41)7-6-20-43-21-22-44-29-16-18-40(24-29)31-14-13-30-32-23-28-12-15-34(42-4)36-35(28)38(30,37(31)45-36)17-19-39(32)3/h8-12,14-15,25,29-30,32,37H,5-7,13,16-24H2,1-4H3/t25?,29?,30?,32?,37-,38-/m0/s1. The molecule has 2 aliphatic carbocycles. The molecule has 0 amide bonds. The predicted octanol–water partition coefficient (Wildman–Crippen LogP) is 6.14. The van der Waals surface area contributed by atoms with E-state index in [1.807, 2.05) is 12.1 Å². The maximum Gasteiger partial charge on any atom is 0.166 e.